The molecule has 0 aromatic rings. The molecule has 1 spiro atoms. The van der Waals surface area contributed by atoms with E-state index < -0.39 is 24.0 Å². The molecule has 1 N–H and O–H groups in total. The van der Waals surface area contributed by atoms with E-state index in [2.05, 4.69) is 0 Å². The van der Waals surface area contributed by atoms with E-state index in [0.717, 1.165) is 12.8 Å². The molecular weight excluding hydrogens is 221 g/mol. The van der Waals surface area contributed by atoms with E-state index in [4.69, 9.17) is 4.74 Å². The van der Waals surface area contributed by atoms with Crippen LogP contribution in [0.25, 0.3) is 0 Å². The molecule has 0 radical (unpaired) electrons. The van der Waals surface area contributed by atoms with Crippen molar-refractivity contribution >= 4 is 0 Å². The normalized spacial score (nSPS) is 54.2. The maximum atomic E-state index is 12.1. The highest BCUT2D eigenvalue weighted by atomic mass is 19.4. The van der Waals surface area contributed by atoms with Gasteiger partial charge in [0.2, 0.25) is 0 Å². The first-order valence-electron chi connectivity index (χ1n) is 5.61. The van der Waals surface area contributed by atoms with Gasteiger partial charge in [-0.05, 0) is 32.1 Å². The second kappa shape index (κ2) is 2.58. The maximum Gasteiger partial charge on any atom is 0.411 e. The van der Waals surface area contributed by atoms with Crippen LogP contribution < -0.4 is 0 Å². The summed E-state index contributed by atoms with van der Waals surface area (Å²) in [7, 11) is 0. The SMILES string of the molecule is CC1(OCC(F)(F)F)CC2CC23CC3(O)C1. The smallest absolute Gasteiger partial charge is 0.389 e. The molecule has 3 fully saturated rings. The Morgan fingerprint density at radius 1 is 1.31 bits per heavy atom. The summed E-state index contributed by atoms with van der Waals surface area (Å²) >= 11 is 0. The Labute approximate surface area is 91.8 Å². The zero-order chi connectivity index (χ0) is 11.8. The van der Waals surface area contributed by atoms with Gasteiger partial charge < -0.3 is 9.84 Å². The van der Waals surface area contributed by atoms with Crippen molar-refractivity contribution in [3.05, 3.63) is 0 Å². The lowest BCUT2D eigenvalue weighted by atomic mass is 9.84. The van der Waals surface area contributed by atoms with Crippen molar-refractivity contribution in [1.82, 2.24) is 0 Å². The van der Waals surface area contributed by atoms with Crippen LogP contribution in [-0.4, -0.2) is 29.1 Å². The predicted molar refractivity (Wildman–Crippen MR) is 49.8 cm³/mol. The highest BCUT2D eigenvalue weighted by Crippen LogP contribution is 2.82. The monoisotopic (exact) mass is 236 g/mol. The summed E-state index contributed by atoms with van der Waals surface area (Å²) in [6, 6.07) is 0. The van der Waals surface area contributed by atoms with Crippen LogP contribution in [0, 0.1) is 11.3 Å². The molecule has 92 valence electrons. The standard InChI is InChI=1S/C11H15F3O2/c1-8(16-6-11(12,13)14)2-7-3-9(7)5-10(9,15)4-8/h7,15H,2-6H2,1H3. The number of rotatable bonds is 2. The number of hydrogen-bond acceptors (Lipinski definition) is 2. The summed E-state index contributed by atoms with van der Waals surface area (Å²) in [5.41, 5.74) is -1.45. The molecule has 0 aliphatic heterocycles. The first-order chi connectivity index (χ1) is 7.18. The molecule has 0 heterocycles. The van der Waals surface area contributed by atoms with E-state index >= 15 is 0 Å². The van der Waals surface area contributed by atoms with Crippen molar-refractivity contribution in [3.8, 4) is 0 Å². The van der Waals surface area contributed by atoms with Crippen LogP contribution >= 0.6 is 0 Å². The quantitative estimate of drug-likeness (QED) is 0.796. The topological polar surface area (TPSA) is 29.5 Å². The van der Waals surface area contributed by atoms with Gasteiger partial charge in [-0.1, -0.05) is 0 Å². The zero-order valence-corrected chi connectivity index (χ0v) is 9.10. The maximum absolute atomic E-state index is 12.1. The van der Waals surface area contributed by atoms with E-state index in [-0.39, 0.29) is 5.41 Å². The van der Waals surface area contributed by atoms with Crippen molar-refractivity contribution in [2.24, 2.45) is 11.3 Å². The molecule has 3 saturated carbocycles. The summed E-state index contributed by atoms with van der Waals surface area (Å²) in [6.07, 6.45) is -1.55. The number of aliphatic hydroxyl groups is 1. The van der Waals surface area contributed by atoms with Gasteiger partial charge in [-0.2, -0.15) is 13.2 Å². The second-order valence-electron chi connectivity index (χ2n) is 6.00. The summed E-state index contributed by atoms with van der Waals surface area (Å²) in [6.45, 7) is 0.483. The largest absolute Gasteiger partial charge is 0.411 e. The Morgan fingerprint density at radius 2 is 2.00 bits per heavy atom. The van der Waals surface area contributed by atoms with Crippen molar-refractivity contribution in [3.63, 3.8) is 0 Å². The lowest BCUT2D eigenvalue weighted by molar-refractivity contribution is -0.213. The van der Waals surface area contributed by atoms with Gasteiger partial charge >= 0.3 is 6.18 Å². The molecule has 0 bridgehead atoms. The predicted octanol–water partition coefficient (Wildman–Crippen LogP) is 2.26. The van der Waals surface area contributed by atoms with E-state index in [0.29, 0.717) is 18.8 Å². The van der Waals surface area contributed by atoms with Gasteiger partial charge in [0.1, 0.15) is 6.61 Å². The van der Waals surface area contributed by atoms with Gasteiger partial charge in [0.25, 0.3) is 0 Å². The summed E-state index contributed by atoms with van der Waals surface area (Å²) < 4.78 is 41.3. The third kappa shape index (κ3) is 1.40. The van der Waals surface area contributed by atoms with Crippen LogP contribution in [0.2, 0.25) is 0 Å². The van der Waals surface area contributed by atoms with Gasteiger partial charge in [-0.3, -0.25) is 0 Å². The van der Waals surface area contributed by atoms with Crippen molar-refractivity contribution in [1.29, 1.82) is 0 Å². The summed E-state index contributed by atoms with van der Waals surface area (Å²) in [5.74, 6) is 0.379. The average Bonchev–Trinajstić information content (AvgIpc) is 2.87. The van der Waals surface area contributed by atoms with Gasteiger partial charge in [0.15, 0.2) is 0 Å². The van der Waals surface area contributed by atoms with Gasteiger partial charge in [-0.25, -0.2) is 0 Å². The average molecular weight is 236 g/mol. The minimum Gasteiger partial charge on any atom is -0.389 e. The van der Waals surface area contributed by atoms with Gasteiger partial charge in [-0.15, -0.1) is 0 Å². The highest BCUT2D eigenvalue weighted by Gasteiger charge is 2.83. The van der Waals surface area contributed by atoms with Crippen LogP contribution in [0.3, 0.4) is 0 Å². The van der Waals surface area contributed by atoms with Gasteiger partial charge in [0.05, 0.1) is 11.2 Å². The first kappa shape index (κ1) is 10.8. The van der Waals surface area contributed by atoms with Crippen LogP contribution in [0.15, 0.2) is 0 Å². The molecule has 5 heteroatoms. The molecule has 0 aromatic heterocycles. The fraction of sp³-hybridized carbons (Fsp3) is 1.00. The fourth-order valence-electron chi connectivity index (χ4n) is 3.73. The lowest BCUT2D eigenvalue weighted by Crippen LogP contribution is -2.41. The molecule has 0 amide bonds. The molecule has 0 aromatic carbocycles. The fourth-order valence-corrected chi connectivity index (χ4v) is 3.73. The molecule has 3 aliphatic carbocycles. The molecule has 4 unspecified atom stereocenters. The van der Waals surface area contributed by atoms with Crippen molar-refractivity contribution < 1.29 is 23.0 Å². The Balaban J connectivity index is 1.66. The van der Waals surface area contributed by atoms with E-state index in [1.807, 2.05) is 0 Å². The highest BCUT2D eigenvalue weighted by molar-refractivity contribution is 5.33. The third-order valence-electron chi connectivity index (χ3n) is 4.57. The Morgan fingerprint density at radius 3 is 2.56 bits per heavy atom. The Kier molecular flexibility index (Phi) is 1.75. The van der Waals surface area contributed by atoms with Gasteiger partial charge in [0, 0.05) is 11.8 Å². The van der Waals surface area contributed by atoms with E-state index in [1.54, 1.807) is 6.92 Å². The second-order valence-corrected chi connectivity index (χ2v) is 6.00. The van der Waals surface area contributed by atoms with E-state index in [9.17, 15) is 18.3 Å². The van der Waals surface area contributed by atoms with Crippen LogP contribution in [0.1, 0.15) is 32.6 Å². The summed E-state index contributed by atoms with van der Waals surface area (Å²) in [5, 5.41) is 10.2. The molecule has 16 heavy (non-hydrogen) atoms. The lowest BCUT2D eigenvalue weighted by Gasteiger charge is -2.36. The molecule has 2 nitrogen and oxygen atoms in total. The minimum absolute atomic E-state index is 0.0775. The molecular formula is C11H15F3O2. The Hall–Kier alpha value is -0.290. The zero-order valence-electron chi connectivity index (χ0n) is 9.10. The van der Waals surface area contributed by atoms with Crippen molar-refractivity contribution in [2.75, 3.05) is 6.61 Å². The number of halogens is 3. The van der Waals surface area contributed by atoms with Crippen LogP contribution in [-0.2, 0) is 4.74 Å². The first-order valence-corrected chi connectivity index (χ1v) is 5.61. The van der Waals surface area contributed by atoms with Crippen molar-refractivity contribution in [2.45, 2.75) is 50.0 Å². The van der Waals surface area contributed by atoms with E-state index in [1.165, 1.54) is 0 Å². The number of ether oxygens (including phenoxy) is 1. The molecule has 3 rings (SSSR count). The third-order valence-corrected chi connectivity index (χ3v) is 4.57. The molecule has 4 atom stereocenters. The van der Waals surface area contributed by atoms with Crippen LogP contribution in [0.4, 0.5) is 13.2 Å². The minimum atomic E-state index is -4.28. The number of hydrogen-bond donors (Lipinski definition) is 1. The summed E-state index contributed by atoms with van der Waals surface area (Å²) in [4.78, 5) is 0. The Bertz CT molecular complexity index is 343. The van der Waals surface area contributed by atoms with Crippen LogP contribution in [0.5, 0.6) is 0 Å². The molecule has 3 aliphatic rings. The molecule has 0 saturated heterocycles. The number of alkyl halides is 3.